The molecule has 0 fully saturated rings. The van der Waals surface area contributed by atoms with Gasteiger partial charge in [-0.25, -0.2) is 8.78 Å². The van der Waals surface area contributed by atoms with Crippen molar-refractivity contribution in [2.24, 2.45) is 0 Å². The third kappa shape index (κ3) is 4.09. The van der Waals surface area contributed by atoms with Crippen LogP contribution in [0.3, 0.4) is 0 Å². The Hall–Kier alpha value is -2.37. The van der Waals surface area contributed by atoms with Gasteiger partial charge < -0.3 is 15.1 Å². The first kappa shape index (κ1) is 13.1. The lowest BCUT2D eigenvalue weighted by Gasteiger charge is -2.07. The van der Waals surface area contributed by atoms with E-state index in [-0.39, 0.29) is 24.7 Å². The minimum absolute atomic E-state index is 0.0798. The average Bonchev–Trinajstić information content (AvgIpc) is 2.86. The van der Waals surface area contributed by atoms with Crippen LogP contribution < -0.4 is 10.6 Å². The molecule has 0 bridgehead atoms. The molecule has 100 valence electrons. The second-order valence-corrected chi connectivity index (χ2v) is 3.87. The van der Waals surface area contributed by atoms with Gasteiger partial charge in [0.25, 0.3) is 0 Å². The molecule has 0 spiro atoms. The highest BCUT2D eigenvalue weighted by molar-refractivity contribution is 5.80. The number of nitrogens with one attached hydrogen (secondary N) is 2. The van der Waals surface area contributed by atoms with Crippen molar-refractivity contribution in [3.8, 4) is 0 Å². The maximum atomic E-state index is 12.9. The topological polar surface area (TPSA) is 54.3 Å². The van der Waals surface area contributed by atoms with E-state index >= 15 is 0 Å². The Kier molecular flexibility index (Phi) is 4.12. The predicted octanol–water partition coefficient (Wildman–Crippen LogP) is 2.29. The van der Waals surface area contributed by atoms with Crippen molar-refractivity contribution in [2.75, 3.05) is 11.9 Å². The Bertz CT molecular complexity index is 536. The second kappa shape index (κ2) is 5.99. The maximum absolute atomic E-state index is 12.9. The molecule has 1 heterocycles. The predicted molar refractivity (Wildman–Crippen MR) is 65.4 cm³/mol. The molecule has 19 heavy (non-hydrogen) atoms. The molecule has 4 nitrogen and oxygen atoms in total. The summed E-state index contributed by atoms with van der Waals surface area (Å²) in [5.41, 5.74) is 0.214. The van der Waals surface area contributed by atoms with E-state index in [4.69, 9.17) is 4.42 Å². The normalized spacial score (nSPS) is 10.2. The Labute approximate surface area is 108 Å². The number of hydrogen-bond acceptors (Lipinski definition) is 3. The highest BCUT2D eigenvalue weighted by Crippen LogP contribution is 2.12. The fourth-order valence-corrected chi connectivity index (χ4v) is 1.50. The van der Waals surface area contributed by atoms with Gasteiger partial charge in [-0.2, -0.15) is 0 Å². The van der Waals surface area contributed by atoms with Gasteiger partial charge in [0.15, 0.2) is 0 Å². The van der Waals surface area contributed by atoms with Crippen molar-refractivity contribution in [1.29, 1.82) is 0 Å². The van der Waals surface area contributed by atoms with Crippen LogP contribution in [0.1, 0.15) is 5.76 Å². The molecule has 6 heteroatoms. The molecule has 0 saturated carbocycles. The Morgan fingerprint density at radius 3 is 2.58 bits per heavy atom. The fourth-order valence-electron chi connectivity index (χ4n) is 1.50. The van der Waals surface area contributed by atoms with Crippen molar-refractivity contribution in [3.63, 3.8) is 0 Å². The van der Waals surface area contributed by atoms with Crippen LogP contribution in [0, 0.1) is 11.6 Å². The Balaban J connectivity index is 1.79. The highest BCUT2D eigenvalue weighted by Gasteiger charge is 2.04. The van der Waals surface area contributed by atoms with Gasteiger partial charge in [0.2, 0.25) is 5.91 Å². The molecular weight excluding hydrogens is 254 g/mol. The molecule has 1 amide bonds. The van der Waals surface area contributed by atoms with Crippen LogP contribution in [0.15, 0.2) is 41.0 Å². The number of rotatable bonds is 5. The quantitative estimate of drug-likeness (QED) is 0.873. The van der Waals surface area contributed by atoms with E-state index in [1.165, 1.54) is 6.26 Å². The maximum Gasteiger partial charge on any atom is 0.239 e. The molecule has 0 unspecified atom stereocenters. The van der Waals surface area contributed by atoms with Gasteiger partial charge >= 0.3 is 0 Å². The lowest BCUT2D eigenvalue weighted by Crippen LogP contribution is -2.29. The average molecular weight is 266 g/mol. The summed E-state index contributed by atoms with van der Waals surface area (Å²) in [5, 5.41) is 5.24. The number of halogens is 2. The molecule has 1 aromatic heterocycles. The van der Waals surface area contributed by atoms with Crippen molar-refractivity contribution < 1.29 is 18.0 Å². The van der Waals surface area contributed by atoms with E-state index in [2.05, 4.69) is 10.6 Å². The molecule has 1 aromatic carbocycles. The van der Waals surface area contributed by atoms with Gasteiger partial charge in [-0.3, -0.25) is 4.79 Å². The van der Waals surface area contributed by atoms with Gasteiger partial charge in [-0.05, 0) is 24.3 Å². The van der Waals surface area contributed by atoms with Crippen LogP contribution in [0.25, 0.3) is 0 Å². The van der Waals surface area contributed by atoms with Crippen molar-refractivity contribution in [2.45, 2.75) is 6.54 Å². The number of anilines is 1. The minimum atomic E-state index is -0.696. The molecule has 0 aliphatic heterocycles. The Morgan fingerprint density at radius 2 is 1.95 bits per heavy atom. The molecule has 2 N–H and O–H groups in total. The summed E-state index contributed by atoms with van der Waals surface area (Å²) in [6.45, 7) is 0.189. The van der Waals surface area contributed by atoms with Crippen LogP contribution in [-0.2, 0) is 11.3 Å². The van der Waals surface area contributed by atoms with Gasteiger partial charge in [-0.1, -0.05) is 0 Å². The van der Waals surface area contributed by atoms with Crippen LogP contribution in [0.2, 0.25) is 0 Å². The number of carbonyl (C=O) groups excluding carboxylic acids is 1. The molecular formula is C13H12F2N2O2. The number of furan rings is 1. The van der Waals surface area contributed by atoms with Gasteiger partial charge in [0, 0.05) is 11.8 Å². The first-order valence-corrected chi connectivity index (χ1v) is 5.62. The molecule has 2 aromatic rings. The summed E-state index contributed by atoms with van der Waals surface area (Å²) in [7, 11) is 0. The number of amides is 1. The molecule has 0 saturated heterocycles. The zero-order valence-electron chi connectivity index (χ0n) is 9.95. The smallest absolute Gasteiger partial charge is 0.239 e. The van der Waals surface area contributed by atoms with Crippen LogP contribution >= 0.6 is 0 Å². The summed E-state index contributed by atoms with van der Waals surface area (Å²) in [4.78, 5) is 11.5. The lowest BCUT2D eigenvalue weighted by atomic mass is 10.3. The third-order valence-corrected chi connectivity index (χ3v) is 2.36. The first-order valence-electron chi connectivity index (χ1n) is 5.62. The van der Waals surface area contributed by atoms with Crippen LogP contribution in [0.5, 0.6) is 0 Å². The monoisotopic (exact) mass is 266 g/mol. The number of benzene rings is 1. The molecule has 0 radical (unpaired) electrons. The third-order valence-electron chi connectivity index (χ3n) is 2.36. The SMILES string of the molecule is O=C(CNc1cc(F)cc(F)c1)NCc1ccco1. The van der Waals surface area contributed by atoms with Gasteiger partial charge in [0.1, 0.15) is 17.4 Å². The summed E-state index contributed by atoms with van der Waals surface area (Å²) >= 11 is 0. The van der Waals surface area contributed by atoms with E-state index in [0.717, 1.165) is 18.2 Å². The largest absolute Gasteiger partial charge is 0.467 e. The summed E-state index contributed by atoms with van der Waals surface area (Å²) in [6, 6.07) is 6.44. The molecule has 0 aliphatic carbocycles. The number of hydrogen-bond donors (Lipinski definition) is 2. The summed E-state index contributed by atoms with van der Waals surface area (Å²) in [5.74, 6) is -1.07. The van der Waals surface area contributed by atoms with Gasteiger partial charge in [-0.15, -0.1) is 0 Å². The zero-order valence-corrected chi connectivity index (χ0v) is 9.95. The zero-order chi connectivity index (χ0) is 13.7. The lowest BCUT2D eigenvalue weighted by molar-refractivity contribution is -0.119. The van der Waals surface area contributed by atoms with Gasteiger partial charge in [0.05, 0.1) is 19.4 Å². The van der Waals surface area contributed by atoms with Crippen LogP contribution in [0.4, 0.5) is 14.5 Å². The molecule has 2 rings (SSSR count). The second-order valence-electron chi connectivity index (χ2n) is 3.87. The minimum Gasteiger partial charge on any atom is -0.467 e. The molecule has 0 aliphatic rings. The molecule has 0 atom stereocenters. The van der Waals surface area contributed by atoms with E-state index in [1.807, 2.05) is 0 Å². The van der Waals surface area contributed by atoms with E-state index in [9.17, 15) is 13.6 Å². The fraction of sp³-hybridized carbons (Fsp3) is 0.154. The van der Waals surface area contributed by atoms with Crippen molar-refractivity contribution in [1.82, 2.24) is 5.32 Å². The standard InChI is InChI=1S/C13H12F2N2O2/c14-9-4-10(15)6-11(5-9)16-8-13(18)17-7-12-2-1-3-19-12/h1-6,16H,7-8H2,(H,17,18). The summed E-state index contributed by atoms with van der Waals surface area (Å²) < 4.78 is 30.8. The van der Waals surface area contributed by atoms with Crippen LogP contribution in [-0.4, -0.2) is 12.5 Å². The Morgan fingerprint density at radius 1 is 1.21 bits per heavy atom. The van der Waals surface area contributed by atoms with E-state index < -0.39 is 11.6 Å². The first-order chi connectivity index (χ1) is 9.13. The van der Waals surface area contributed by atoms with E-state index in [1.54, 1.807) is 12.1 Å². The van der Waals surface area contributed by atoms with E-state index in [0.29, 0.717) is 5.76 Å². The van der Waals surface area contributed by atoms with Crippen molar-refractivity contribution in [3.05, 3.63) is 54.0 Å². The van der Waals surface area contributed by atoms with Crippen molar-refractivity contribution >= 4 is 11.6 Å². The highest BCUT2D eigenvalue weighted by atomic mass is 19.1. The summed E-state index contributed by atoms with van der Waals surface area (Å²) in [6.07, 6.45) is 1.51. The number of carbonyl (C=O) groups is 1.